The predicted molar refractivity (Wildman–Crippen MR) is 95.1 cm³/mol. The van der Waals surface area contributed by atoms with E-state index < -0.39 is 10.0 Å². The lowest BCUT2D eigenvalue weighted by atomic mass is 10.0. The summed E-state index contributed by atoms with van der Waals surface area (Å²) in [5, 5.41) is 3.37. The van der Waals surface area contributed by atoms with Gasteiger partial charge < -0.3 is 10.1 Å². The summed E-state index contributed by atoms with van der Waals surface area (Å²) in [6.45, 7) is 7.62. The van der Waals surface area contributed by atoms with Crippen LogP contribution in [0, 0.1) is 6.92 Å². The van der Waals surface area contributed by atoms with E-state index in [1.54, 1.807) is 11.4 Å². The van der Waals surface area contributed by atoms with Gasteiger partial charge in [0, 0.05) is 18.6 Å². The first-order valence-electron chi connectivity index (χ1n) is 8.79. The number of rotatable bonds is 4. The standard InChI is InChI=1S/C18H28N2O3S/c1-12(2)16-10-18(13(3)9-17(16)23-4)24(21,22)20-14-5-6-15(20)11-19-8-7-14/h9-10,12,14-15,19H,5-8,11H2,1-4H3. The molecule has 2 saturated heterocycles. The number of ether oxygens (including phenoxy) is 1. The van der Waals surface area contributed by atoms with Gasteiger partial charge in [-0.2, -0.15) is 4.31 Å². The molecule has 2 aliphatic heterocycles. The second-order valence-electron chi connectivity index (χ2n) is 7.23. The molecule has 24 heavy (non-hydrogen) atoms. The summed E-state index contributed by atoms with van der Waals surface area (Å²) >= 11 is 0. The monoisotopic (exact) mass is 352 g/mol. The third-order valence-corrected chi connectivity index (χ3v) is 7.44. The Labute approximate surface area is 145 Å². The van der Waals surface area contributed by atoms with Crippen LogP contribution in [0.15, 0.2) is 17.0 Å². The summed E-state index contributed by atoms with van der Waals surface area (Å²) in [6, 6.07) is 3.89. The normalized spacial score (nSPS) is 25.0. The molecule has 0 amide bonds. The van der Waals surface area contributed by atoms with Gasteiger partial charge in [-0.15, -0.1) is 0 Å². The average molecular weight is 353 g/mol. The van der Waals surface area contributed by atoms with E-state index in [1.165, 1.54) is 0 Å². The number of benzene rings is 1. The molecule has 0 radical (unpaired) electrons. The highest BCUT2D eigenvalue weighted by molar-refractivity contribution is 7.89. The summed E-state index contributed by atoms with van der Waals surface area (Å²) in [7, 11) is -1.86. The molecule has 5 nitrogen and oxygen atoms in total. The van der Waals surface area contributed by atoms with Crippen LogP contribution in [-0.2, 0) is 10.0 Å². The van der Waals surface area contributed by atoms with Gasteiger partial charge in [-0.3, -0.25) is 0 Å². The Morgan fingerprint density at radius 1 is 1.21 bits per heavy atom. The Balaban J connectivity index is 2.08. The molecular weight excluding hydrogens is 324 g/mol. The van der Waals surface area contributed by atoms with Crippen molar-refractivity contribution in [2.24, 2.45) is 0 Å². The summed E-state index contributed by atoms with van der Waals surface area (Å²) in [5.74, 6) is 0.971. The quantitative estimate of drug-likeness (QED) is 0.905. The molecule has 2 atom stereocenters. The third kappa shape index (κ3) is 2.95. The zero-order valence-corrected chi connectivity index (χ0v) is 15.8. The summed E-state index contributed by atoms with van der Waals surface area (Å²) in [4.78, 5) is 0.436. The Morgan fingerprint density at radius 3 is 2.58 bits per heavy atom. The molecule has 1 aromatic carbocycles. The van der Waals surface area contributed by atoms with Crippen LogP contribution in [0.1, 0.15) is 50.2 Å². The Morgan fingerprint density at radius 2 is 1.92 bits per heavy atom. The van der Waals surface area contributed by atoms with Crippen molar-refractivity contribution in [1.29, 1.82) is 0 Å². The van der Waals surface area contributed by atoms with Gasteiger partial charge in [-0.05, 0) is 61.9 Å². The van der Waals surface area contributed by atoms with Crippen molar-refractivity contribution in [2.45, 2.75) is 62.9 Å². The molecule has 2 heterocycles. The molecule has 1 aromatic rings. The highest BCUT2D eigenvalue weighted by Crippen LogP contribution is 2.37. The van der Waals surface area contributed by atoms with Crippen LogP contribution in [0.25, 0.3) is 0 Å². The summed E-state index contributed by atoms with van der Waals surface area (Å²) < 4.78 is 34.1. The molecule has 0 saturated carbocycles. The topological polar surface area (TPSA) is 58.6 Å². The Hall–Kier alpha value is -1.11. The number of sulfonamides is 1. The first-order valence-corrected chi connectivity index (χ1v) is 10.2. The van der Waals surface area contributed by atoms with E-state index in [1.807, 2.05) is 19.1 Å². The second kappa shape index (κ2) is 6.65. The molecule has 3 rings (SSSR count). The minimum atomic E-state index is -3.50. The number of nitrogens with zero attached hydrogens (tertiary/aromatic N) is 1. The van der Waals surface area contributed by atoms with Crippen LogP contribution in [0.3, 0.4) is 0 Å². The van der Waals surface area contributed by atoms with Gasteiger partial charge in [0.25, 0.3) is 0 Å². The van der Waals surface area contributed by atoms with Gasteiger partial charge in [0.2, 0.25) is 10.0 Å². The van der Waals surface area contributed by atoms with E-state index in [4.69, 9.17) is 4.74 Å². The van der Waals surface area contributed by atoms with E-state index in [2.05, 4.69) is 19.2 Å². The van der Waals surface area contributed by atoms with Gasteiger partial charge in [-0.1, -0.05) is 13.8 Å². The zero-order valence-electron chi connectivity index (χ0n) is 15.0. The number of fused-ring (bicyclic) bond motifs is 2. The first kappa shape index (κ1) is 17.7. The van der Waals surface area contributed by atoms with Gasteiger partial charge >= 0.3 is 0 Å². The van der Waals surface area contributed by atoms with Crippen molar-refractivity contribution in [1.82, 2.24) is 9.62 Å². The summed E-state index contributed by atoms with van der Waals surface area (Å²) in [5.41, 5.74) is 1.70. The molecule has 2 bridgehead atoms. The number of aryl methyl sites for hydroxylation is 1. The fraction of sp³-hybridized carbons (Fsp3) is 0.667. The van der Waals surface area contributed by atoms with Crippen molar-refractivity contribution < 1.29 is 13.2 Å². The number of methoxy groups -OCH3 is 1. The molecular formula is C18H28N2O3S. The second-order valence-corrected chi connectivity index (χ2v) is 9.04. The lowest BCUT2D eigenvalue weighted by Gasteiger charge is -2.28. The highest BCUT2D eigenvalue weighted by atomic mass is 32.2. The fourth-order valence-electron chi connectivity index (χ4n) is 4.03. The van der Waals surface area contributed by atoms with Crippen molar-refractivity contribution in [3.8, 4) is 5.75 Å². The number of nitrogens with one attached hydrogen (secondary N) is 1. The molecule has 2 unspecified atom stereocenters. The maximum absolute atomic E-state index is 13.5. The smallest absolute Gasteiger partial charge is 0.243 e. The van der Waals surface area contributed by atoms with E-state index >= 15 is 0 Å². The SMILES string of the molecule is COc1cc(C)c(S(=O)(=O)N2C3CCNCC2CC3)cc1C(C)C. The lowest BCUT2D eigenvalue weighted by Crippen LogP contribution is -2.42. The van der Waals surface area contributed by atoms with Gasteiger partial charge in [0.1, 0.15) is 5.75 Å². The van der Waals surface area contributed by atoms with E-state index in [9.17, 15) is 8.42 Å². The van der Waals surface area contributed by atoms with Crippen LogP contribution in [0.4, 0.5) is 0 Å². The van der Waals surface area contributed by atoms with Gasteiger partial charge in [0.15, 0.2) is 0 Å². The van der Waals surface area contributed by atoms with Crippen LogP contribution in [-0.4, -0.2) is 45.0 Å². The zero-order chi connectivity index (χ0) is 17.5. The minimum Gasteiger partial charge on any atom is -0.496 e. The minimum absolute atomic E-state index is 0.0755. The lowest BCUT2D eigenvalue weighted by molar-refractivity contribution is 0.334. The Bertz CT molecular complexity index is 701. The number of hydrogen-bond acceptors (Lipinski definition) is 4. The van der Waals surface area contributed by atoms with Crippen molar-refractivity contribution in [2.75, 3.05) is 20.2 Å². The largest absolute Gasteiger partial charge is 0.496 e. The molecule has 2 fully saturated rings. The molecule has 6 heteroatoms. The van der Waals surface area contributed by atoms with Gasteiger partial charge in [-0.25, -0.2) is 8.42 Å². The van der Waals surface area contributed by atoms with E-state index in [0.29, 0.717) is 4.90 Å². The molecule has 134 valence electrons. The van der Waals surface area contributed by atoms with Crippen LogP contribution >= 0.6 is 0 Å². The molecule has 0 aromatic heterocycles. The molecule has 0 aliphatic carbocycles. The van der Waals surface area contributed by atoms with Crippen LogP contribution in [0.2, 0.25) is 0 Å². The third-order valence-electron chi connectivity index (χ3n) is 5.29. The average Bonchev–Trinajstić information content (AvgIpc) is 2.80. The maximum Gasteiger partial charge on any atom is 0.243 e. The molecule has 0 spiro atoms. The summed E-state index contributed by atoms with van der Waals surface area (Å²) in [6.07, 6.45) is 2.81. The Kier molecular flexibility index (Phi) is 4.91. The highest BCUT2D eigenvalue weighted by Gasteiger charge is 2.43. The van der Waals surface area contributed by atoms with Crippen LogP contribution < -0.4 is 10.1 Å². The first-order chi connectivity index (χ1) is 11.4. The maximum atomic E-state index is 13.5. The van der Waals surface area contributed by atoms with Gasteiger partial charge in [0.05, 0.1) is 12.0 Å². The van der Waals surface area contributed by atoms with Crippen molar-refractivity contribution in [3.05, 3.63) is 23.3 Å². The van der Waals surface area contributed by atoms with Crippen molar-refractivity contribution >= 4 is 10.0 Å². The van der Waals surface area contributed by atoms with E-state index in [0.717, 1.165) is 49.2 Å². The number of hydrogen-bond donors (Lipinski definition) is 1. The van der Waals surface area contributed by atoms with Crippen LogP contribution in [0.5, 0.6) is 5.75 Å². The molecule has 1 N–H and O–H groups in total. The van der Waals surface area contributed by atoms with Crippen molar-refractivity contribution in [3.63, 3.8) is 0 Å². The predicted octanol–water partition coefficient (Wildman–Crippen LogP) is 2.64. The molecule has 2 aliphatic rings. The van der Waals surface area contributed by atoms with E-state index in [-0.39, 0.29) is 18.0 Å². The fourth-order valence-corrected chi connectivity index (χ4v) is 6.17.